The van der Waals surface area contributed by atoms with Gasteiger partial charge < -0.3 is 5.43 Å². The predicted molar refractivity (Wildman–Crippen MR) is 74.6 cm³/mol. The SMILES string of the molecule is Cc1ccc(NNc2ccc(C)cc2Cl)cc1. The number of anilines is 2. The van der Waals surface area contributed by atoms with E-state index in [4.69, 9.17) is 11.6 Å². The van der Waals surface area contributed by atoms with Crippen molar-refractivity contribution < 1.29 is 0 Å². The molecule has 0 amide bonds. The van der Waals surface area contributed by atoms with Crippen LogP contribution in [0.2, 0.25) is 5.02 Å². The van der Waals surface area contributed by atoms with Crippen LogP contribution in [0.1, 0.15) is 11.1 Å². The maximum absolute atomic E-state index is 6.12. The fourth-order valence-electron chi connectivity index (χ4n) is 1.50. The van der Waals surface area contributed by atoms with Crippen LogP contribution in [-0.4, -0.2) is 0 Å². The number of nitrogens with one attached hydrogen (secondary N) is 2. The van der Waals surface area contributed by atoms with Crippen molar-refractivity contribution in [3.63, 3.8) is 0 Å². The van der Waals surface area contributed by atoms with E-state index >= 15 is 0 Å². The first kappa shape index (κ1) is 11.8. The number of halogens is 1. The molecule has 0 fully saturated rings. The molecule has 3 heteroatoms. The van der Waals surface area contributed by atoms with Crippen LogP contribution in [0.5, 0.6) is 0 Å². The lowest BCUT2D eigenvalue weighted by molar-refractivity contribution is 1.38. The Hall–Kier alpha value is -1.67. The van der Waals surface area contributed by atoms with Crippen molar-refractivity contribution in [2.75, 3.05) is 10.9 Å². The van der Waals surface area contributed by atoms with Crippen LogP contribution >= 0.6 is 11.6 Å². The van der Waals surface area contributed by atoms with E-state index in [9.17, 15) is 0 Å². The molecule has 0 radical (unpaired) electrons. The van der Waals surface area contributed by atoms with Crippen LogP contribution in [0, 0.1) is 13.8 Å². The summed E-state index contributed by atoms with van der Waals surface area (Å²) in [5, 5.41) is 0.713. The van der Waals surface area contributed by atoms with E-state index in [1.807, 2.05) is 37.3 Å². The molecule has 0 unspecified atom stereocenters. The Bertz CT molecular complexity index is 506. The summed E-state index contributed by atoms with van der Waals surface area (Å²) in [6.45, 7) is 4.08. The minimum Gasteiger partial charge on any atom is -0.301 e. The molecule has 0 bridgehead atoms. The van der Waals surface area contributed by atoms with Crippen molar-refractivity contribution in [2.24, 2.45) is 0 Å². The third-order valence-electron chi connectivity index (χ3n) is 2.52. The average molecular weight is 247 g/mol. The van der Waals surface area contributed by atoms with E-state index in [1.165, 1.54) is 5.56 Å². The van der Waals surface area contributed by atoms with Gasteiger partial charge in [-0.25, -0.2) is 0 Å². The van der Waals surface area contributed by atoms with Gasteiger partial charge in [-0.1, -0.05) is 35.4 Å². The second-order valence-electron chi connectivity index (χ2n) is 4.10. The van der Waals surface area contributed by atoms with Crippen LogP contribution < -0.4 is 10.9 Å². The highest BCUT2D eigenvalue weighted by Crippen LogP contribution is 2.22. The topological polar surface area (TPSA) is 24.1 Å². The van der Waals surface area contributed by atoms with Gasteiger partial charge in [-0.3, -0.25) is 5.43 Å². The third-order valence-corrected chi connectivity index (χ3v) is 2.83. The van der Waals surface area contributed by atoms with Gasteiger partial charge in [0.25, 0.3) is 0 Å². The van der Waals surface area contributed by atoms with Crippen LogP contribution in [0.15, 0.2) is 42.5 Å². The Balaban J connectivity index is 2.04. The van der Waals surface area contributed by atoms with E-state index in [2.05, 4.69) is 29.9 Å². The van der Waals surface area contributed by atoms with Crippen LogP contribution in [0.4, 0.5) is 11.4 Å². The normalized spacial score (nSPS) is 10.1. The molecule has 2 aromatic carbocycles. The van der Waals surface area contributed by atoms with Crippen LogP contribution in [-0.2, 0) is 0 Å². The van der Waals surface area contributed by atoms with E-state index in [1.54, 1.807) is 0 Å². The number of aryl methyl sites for hydroxylation is 2. The second kappa shape index (κ2) is 5.11. The van der Waals surface area contributed by atoms with E-state index in [0.29, 0.717) is 5.02 Å². The molecule has 2 rings (SSSR count). The third kappa shape index (κ3) is 3.14. The van der Waals surface area contributed by atoms with Gasteiger partial charge in [0.2, 0.25) is 0 Å². The van der Waals surface area contributed by atoms with Gasteiger partial charge in [-0.15, -0.1) is 0 Å². The van der Waals surface area contributed by atoms with E-state index in [0.717, 1.165) is 16.9 Å². The minimum absolute atomic E-state index is 0.713. The molecular weight excluding hydrogens is 232 g/mol. The first-order chi connectivity index (χ1) is 8.15. The van der Waals surface area contributed by atoms with Crippen molar-refractivity contribution in [2.45, 2.75) is 13.8 Å². The van der Waals surface area contributed by atoms with Crippen molar-refractivity contribution in [1.82, 2.24) is 0 Å². The fraction of sp³-hybridized carbons (Fsp3) is 0.143. The van der Waals surface area contributed by atoms with Crippen LogP contribution in [0.3, 0.4) is 0 Å². The maximum atomic E-state index is 6.12. The monoisotopic (exact) mass is 246 g/mol. The van der Waals surface area contributed by atoms with E-state index < -0.39 is 0 Å². The lowest BCUT2D eigenvalue weighted by Gasteiger charge is -2.11. The molecular formula is C14H15ClN2. The van der Waals surface area contributed by atoms with Crippen molar-refractivity contribution in [3.8, 4) is 0 Å². The molecule has 0 aliphatic heterocycles. The highest BCUT2D eigenvalue weighted by molar-refractivity contribution is 6.33. The zero-order valence-electron chi connectivity index (χ0n) is 9.92. The Morgan fingerprint density at radius 2 is 1.47 bits per heavy atom. The highest BCUT2D eigenvalue weighted by atomic mass is 35.5. The number of rotatable bonds is 3. The quantitative estimate of drug-likeness (QED) is 0.785. The van der Waals surface area contributed by atoms with Crippen molar-refractivity contribution in [3.05, 3.63) is 58.6 Å². The number of hydrogen-bond acceptors (Lipinski definition) is 2. The number of hydrazine groups is 1. The highest BCUT2D eigenvalue weighted by Gasteiger charge is 1.99. The Labute approximate surface area is 107 Å². The summed E-state index contributed by atoms with van der Waals surface area (Å²) in [4.78, 5) is 0. The summed E-state index contributed by atoms with van der Waals surface area (Å²) < 4.78 is 0. The zero-order valence-corrected chi connectivity index (χ0v) is 10.7. The fourth-order valence-corrected chi connectivity index (χ4v) is 1.78. The lowest BCUT2D eigenvalue weighted by Crippen LogP contribution is -2.08. The zero-order chi connectivity index (χ0) is 12.3. The van der Waals surface area contributed by atoms with Crippen molar-refractivity contribution >= 4 is 23.0 Å². The van der Waals surface area contributed by atoms with Gasteiger partial charge in [-0.05, 0) is 43.7 Å². The summed E-state index contributed by atoms with van der Waals surface area (Å²) in [6.07, 6.45) is 0. The van der Waals surface area contributed by atoms with Gasteiger partial charge >= 0.3 is 0 Å². The minimum atomic E-state index is 0.713. The van der Waals surface area contributed by atoms with E-state index in [-0.39, 0.29) is 0 Å². The maximum Gasteiger partial charge on any atom is 0.0726 e. The summed E-state index contributed by atoms with van der Waals surface area (Å²) >= 11 is 6.12. The molecule has 0 saturated heterocycles. The number of benzene rings is 2. The molecule has 0 aromatic heterocycles. The number of hydrogen-bond donors (Lipinski definition) is 2. The predicted octanol–water partition coefficient (Wildman–Crippen LogP) is 4.40. The lowest BCUT2D eigenvalue weighted by atomic mass is 10.2. The Morgan fingerprint density at radius 3 is 2.12 bits per heavy atom. The molecule has 2 nitrogen and oxygen atoms in total. The summed E-state index contributed by atoms with van der Waals surface area (Å²) in [6, 6.07) is 14.1. The molecule has 2 N–H and O–H groups in total. The first-order valence-corrected chi connectivity index (χ1v) is 5.88. The second-order valence-corrected chi connectivity index (χ2v) is 4.51. The standard InChI is InChI=1S/C14H15ClN2/c1-10-3-6-12(7-4-10)16-17-14-8-5-11(2)9-13(14)15/h3-9,16-17H,1-2H3. The molecule has 0 aliphatic rings. The molecule has 0 saturated carbocycles. The van der Waals surface area contributed by atoms with Gasteiger partial charge in [0.1, 0.15) is 0 Å². The van der Waals surface area contributed by atoms with Gasteiger partial charge in [0.05, 0.1) is 16.4 Å². The van der Waals surface area contributed by atoms with Crippen molar-refractivity contribution in [1.29, 1.82) is 0 Å². The molecule has 0 atom stereocenters. The van der Waals surface area contributed by atoms with Gasteiger partial charge in [0, 0.05) is 0 Å². The summed E-state index contributed by atoms with van der Waals surface area (Å²) in [5.41, 5.74) is 10.5. The summed E-state index contributed by atoms with van der Waals surface area (Å²) in [5.74, 6) is 0. The first-order valence-electron chi connectivity index (χ1n) is 5.50. The van der Waals surface area contributed by atoms with Gasteiger partial charge in [0.15, 0.2) is 0 Å². The summed E-state index contributed by atoms with van der Waals surface area (Å²) in [7, 11) is 0. The molecule has 0 heterocycles. The Kier molecular flexibility index (Phi) is 3.55. The smallest absolute Gasteiger partial charge is 0.0726 e. The molecule has 17 heavy (non-hydrogen) atoms. The molecule has 88 valence electrons. The molecule has 0 aliphatic carbocycles. The molecule has 2 aromatic rings. The molecule has 0 spiro atoms. The largest absolute Gasteiger partial charge is 0.301 e. The Morgan fingerprint density at radius 1 is 0.824 bits per heavy atom. The van der Waals surface area contributed by atoms with Gasteiger partial charge in [-0.2, -0.15) is 0 Å². The average Bonchev–Trinajstić information content (AvgIpc) is 2.30. The van der Waals surface area contributed by atoms with Crippen LogP contribution in [0.25, 0.3) is 0 Å².